The standard InChI is InChI=1S/C33H33F9N8O6/c1-29(32(37,38)39,33(40,41)42)18-55-23-3-2-20(14-22(23)31(34,35)36)25-45-24(56-46-25)17-49-27(52)30(50(28(49)53)9-8-47-10-12-54-13-11-47)4-6-48(7-5-30)26(51)21-15-43-19-44-16-21/h2-3,14-16,19H,4-13,17-18H2,1H3. The van der Waals surface area contributed by atoms with Crippen LogP contribution in [-0.2, 0) is 22.3 Å². The summed E-state index contributed by atoms with van der Waals surface area (Å²) >= 11 is 0. The molecule has 0 bridgehead atoms. The Morgan fingerprint density at radius 2 is 1.55 bits per heavy atom. The summed E-state index contributed by atoms with van der Waals surface area (Å²) in [6, 6.07) is 1.04. The summed E-state index contributed by atoms with van der Waals surface area (Å²) in [4.78, 5) is 58.9. The van der Waals surface area contributed by atoms with Crippen LogP contribution in [0.2, 0.25) is 0 Å². The van der Waals surface area contributed by atoms with Crippen LogP contribution >= 0.6 is 0 Å². The zero-order valence-electron chi connectivity index (χ0n) is 29.4. The number of piperidine rings is 1. The number of ether oxygens (including phenoxy) is 2. The molecule has 2 aromatic heterocycles. The number of hydrogen-bond donors (Lipinski definition) is 0. The molecule has 56 heavy (non-hydrogen) atoms. The summed E-state index contributed by atoms with van der Waals surface area (Å²) in [6.45, 7) is -0.111. The second-order valence-electron chi connectivity index (χ2n) is 13.6. The van der Waals surface area contributed by atoms with Crippen molar-refractivity contribution >= 4 is 17.8 Å². The summed E-state index contributed by atoms with van der Waals surface area (Å²) in [5.41, 5.74) is -7.75. The number of halogens is 9. The van der Waals surface area contributed by atoms with Gasteiger partial charge in [0.05, 0.1) is 24.3 Å². The van der Waals surface area contributed by atoms with E-state index in [0.717, 1.165) is 11.0 Å². The molecule has 0 aliphatic carbocycles. The van der Waals surface area contributed by atoms with Gasteiger partial charge in [0.1, 0.15) is 30.8 Å². The first kappa shape index (κ1) is 40.6. The zero-order valence-corrected chi connectivity index (χ0v) is 29.4. The van der Waals surface area contributed by atoms with E-state index in [2.05, 4.69) is 29.7 Å². The molecule has 0 atom stereocenters. The Hall–Kier alpha value is -5.06. The van der Waals surface area contributed by atoms with Gasteiger partial charge >= 0.3 is 24.6 Å². The van der Waals surface area contributed by atoms with Crippen LogP contribution < -0.4 is 4.74 Å². The molecule has 3 aliphatic heterocycles. The van der Waals surface area contributed by atoms with E-state index >= 15 is 0 Å². The zero-order chi connectivity index (χ0) is 40.7. The monoisotopic (exact) mass is 808 g/mol. The number of imide groups is 1. The molecule has 1 aromatic carbocycles. The number of alkyl halides is 9. The SMILES string of the molecule is CC(COc1ccc(-c2noc(CN3C(=O)N(CCN4CCOCC4)C4(CCN(C(=O)c5cncnc5)CC4)C3=O)n2)cc1C(F)(F)F)(C(F)(F)F)C(F)(F)F. The first-order valence-electron chi connectivity index (χ1n) is 17.0. The average Bonchev–Trinajstić information content (AvgIpc) is 3.70. The lowest BCUT2D eigenvalue weighted by atomic mass is 9.85. The van der Waals surface area contributed by atoms with Gasteiger partial charge in [-0.2, -0.15) is 44.5 Å². The van der Waals surface area contributed by atoms with Crippen LogP contribution in [0.4, 0.5) is 44.3 Å². The number of rotatable bonds is 10. The van der Waals surface area contributed by atoms with E-state index in [0.29, 0.717) is 45.0 Å². The number of hydrogen-bond acceptors (Lipinski definition) is 11. The molecule has 5 heterocycles. The number of carbonyl (C=O) groups is 3. The van der Waals surface area contributed by atoms with Crippen molar-refractivity contribution in [2.24, 2.45) is 5.41 Å². The van der Waals surface area contributed by atoms with Crippen LogP contribution in [0.1, 0.15) is 41.6 Å². The van der Waals surface area contributed by atoms with Crippen LogP contribution in [0.3, 0.4) is 0 Å². The largest absolute Gasteiger partial charge is 0.492 e. The highest BCUT2D eigenvalue weighted by Gasteiger charge is 2.68. The molecule has 0 saturated carbocycles. The first-order valence-corrected chi connectivity index (χ1v) is 17.0. The highest BCUT2D eigenvalue weighted by atomic mass is 19.4. The molecule has 0 unspecified atom stereocenters. The lowest BCUT2D eigenvalue weighted by Crippen LogP contribution is -2.58. The van der Waals surface area contributed by atoms with Gasteiger partial charge in [-0.25, -0.2) is 14.8 Å². The quantitative estimate of drug-likeness (QED) is 0.205. The Morgan fingerprint density at radius 1 is 0.911 bits per heavy atom. The van der Waals surface area contributed by atoms with Crippen LogP contribution in [0.5, 0.6) is 5.75 Å². The van der Waals surface area contributed by atoms with E-state index in [1.54, 1.807) is 0 Å². The molecule has 14 nitrogen and oxygen atoms in total. The number of aromatic nitrogens is 4. The highest BCUT2D eigenvalue weighted by molar-refractivity contribution is 6.07. The molecule has 0 radical (unpaired) electrons. The Morgan fingerprint density at radius 3 is 2.16 bits per heavy atom. The molecule has 3 aromatic rings. The number of nitrogens with zero attached hydrogens (tertiary/aromatic N) is 8. The van der Waals surface area contributed by atoms with E-state index in [9.17, 15) is 53.9 Å². The Balaban J connectivity index is 1.21. The van der Waals surface area contributed by atoms with Gasteiger partial charge in [-0.15, -0.1) is 0 Å². The topological polar surface area (TPSA) is 147 Å². The summed E-state index contributed by atoms with van der Waals surface area (Å²) < 4.78 is 137. The minimum atomic E-state index is -5.91. The highest BCUT2D eigenvalue weighted by Crippen LogP contribution is 2.51. The molecule has 6 rings (SSSR count). The minimum absolute atomic E-state index is 0.0748. The predicted molar refractivity (Wildman–Crippen MR) is 170 cm³/mol. The van der Waals surface area contributed by atoms with E-state index in [4.69, 9.17) is 9.26 Å². The second-order valence-corrected chi connectivity index (χ2v) is 13.6. The summed E-state index contributed by atoms with van der Waals surface area (Å²) in [5, 5.41) is 3.63. The predicted octanol–water partition coefficient (Wildman–Crippen LogP) is 4.83. The molecular formula is C33H33F9N8O6. The van der Waals surface area contributed by atoms with Gasteiger partial charge < -0.3 is 23.8 Å². The van der Waals surface area contributed by atoms with E-state index in [-0.39, 0.29) is 56.8 Å². The van der Waals surface area contributed by atoms with Gasteiger partial charge in [0.2, 0.25) is 11.7 Å². The van der Waals surface area contributed by atoms with Gasteiger partial charge in [-0.05, 0) is 38.0 Å². The van der Waals surface area contributed by atoms with Crippen LogP contribution in [0.15, 0.2) is 41.4 Å². The molecule has 23 heteroatoms. The van der Waals surface area contributed by atoms with E-state index in [1.165, 1.54) is 28.5 Å². The van der Waals surface area contributed by atoms with Crippen molar-refractivity contribution in [3.8, 4) is 17.1 Å². The Bertz CT molecular complexity index is 1900. The summed E-state index contributed by atoms with van der Waals surface area (Å²) in [5.74, 6) is -3.16. The Kier molecular flexibility index (Phi) is 11.0. The molecule has 4 amide bonds. The molecule has 3 aliphatic rings. The van der Waals surface area contributed by atoms with Crippen LogP contribution in [0.25, 0.3) is 11.4 Å². The molecule has 0 N–H and O–H groups in total. The van der Waals surface area contributed by atoms with Gasteiger partial charge in [0, 0.05) is 57.2 Å². The Labute approximate surface area is 311 Å². The van der Waals surface area contributed by atoms with Crippen molar-refractivity contribution in [3.63, 3.8) is 0 Å². The van der Waals surface area contributed by atoms with Crippen LogP contribution in [0, 0.1) is 5.41 Å². The number of carbonyl (C=O) groups excluding carboxylic acids is 3. The normalized spacial score (nSPS) is 18.6. The molecule has 3 saturated heterocycles. The van der Waals surface area contributed by atoms with E-state index in [1.807, 2.05) is 0 Å². The van der Waals surface area contributed by atoms with Crippen LogP contribution in [-0.4, -0.2) is 135 Å². The van der Waals surface area contributed by atoms with E-state index < -0.39 is 77.3 Å². The van der Waals surface area contributed by atoms with Gasteiger partial charge in [-0.1, -0.05) is 5.16 Å². The molecular weight excluding hydrogens is 775 g/mol. The minimum Gasteiger partial charge on any atom is -0.492 e. The molecule has 3 fully saturated rings. The maximum absolute atomic E-state index is 14.2. The number of amides is 4. The summed E-state index contributed by atoms with van der Waals surface area (Å²) in [6.07, 6.45) is -13.0. The third-order valence-corrected chi connectivity index (χ3v) is 10.1. The fraction of sp³-hybridized carbons (Fsp3) is 0.545. The van der Waals surface area contributed by atoms with Crippen molar-refractivity contribution in [1.29, 1.82) is 0 Å². The lowest BCUT2D eigenvalue weighted by molar-refractivity contribution is -0.340. The second kappa shape index (κ2) is 15.1. The number of likely N-dealkylation sites (tertiary alicyclic amines) is 1. The third kappa shape index (κ3) is 7.82. The van der Waals surface area contributed by atoms with Gasteiger partial charge in [0.15, 0.2) is 5.41 Å². The maximum atomic E-state index is 14.2. The van der Waals surface area contributed by atoms with Crippen molar-refractivity contribution < 1.29 is 67.9 Å². The maximum Gasteiger partial charge on any atom is 0.419 e. The lowest BCUT2D eigenvalue weighted by Gasteiger charge is -2.42. The number of morpholine rings is 1. The van der Waals surface area contributed by atoms with Crippen molar-refractivity contribution in [1.82, 2.24) is 39.7 Å². The molecule has 1 spiro atoms. The number of urea groups is 1. The van der Waals surface area contributed by atoms with Gasteiger partial charge in [0.25, 0.3) is 11.8 Å². The smallest absolute Gasteiger partial charge is 0.419 e. The number of benzene rings is 1. The fourth-order valence-electron chi connectivity index (χ4n) is 6.59. The van der Waals surface area contributed by atoms with Crippen molar-refractivity contribution in [3.05, 3.63) is 53.9 Å². The van der Waals surface area contributed by atoms with Crippen molar-refractivity contribution in [2.45, 2.75) is 50.4 Å². The van der Waals surface area contributed by atoms with Gasteiger partial charge in [-0.3, -0.25) is 19.4 Å². The fourth-order valence-corrected chi connectivity index (χ4v) is 6.59. The third-order valence-electron chi connectivity index (χ3n) is 10.1. The molecule has 304 valence electrons. The average molecular weight is 809 g/mol. The summed E-state index contributed by atoms with van der Waals surface area (Å²) in [7, 11) is 0. The van der Waals surface area contributed by atoms with Crippen molar-refractivity contribution in [2.75, 3.05) is 59.1 Å². The first-order chi connectivity index (χ1) is 26.2.